The van der Waals surface area contributed by atoms with Crippen molar-refractivity contribution >= 4 is 22.6 Å². The van der Waals surface area contributed by atoms with Crippen LogP contribution in [0.3, 0.4) is 0 Å². The lowest BCUT2D eigenvalue weighted by Crippen LogP contribution is -2.39. The van der Waals surface area contributed by atoms with Crippen molar-refractivity contribution in [1.29, 1.82) is 0 Å². The van der Waals surface area contributed by atoms with Crippen LogP contribution in [-0.2, 0) is 17.8 Å². The van der Waals surface area contributed by atoms with Gasteiger partial charge in [-0.1, -0.05) is 18.2 Å². The number of anilines is 1. The lowest BCUT2D eigenvalue weighted by Gasteiger charge is -2.29. The molecule has 0 bridgehead atoms. The third-order valence-corrected chi connectivity index (χ3v) is 4.31. The Hall–Kier alpha value is -3.02. The molecule has 0 fully saturated rings. The zero-order chi connectivity index (χ0) is 16.5. The van der Waals surface area contributed by atoms with Crippen LogP contribution >= 0.6 is 0 Å². The van der Waals surface area contributed by atoms with Gasteiger partial charge in [0.2, 0.25) is 5.91 Å². The van der Waals surface area contributed by atoms with Crippen LogP contribution in [0, 0.1) is 0 Å². The van der Waals surface area contributed by atoms with Gasteiger partial charge < -0.3 is 4.90 Å². The van der Waals surface area contributed by atoms with Crippen LogP contribution in [-0.4, -0.2) is 27.0 Å². The normalized spacial score (nSPS) is 13.8. The van der Waals surface area contributed by atoms with Gasteiger partial charge in [-0.2, -0.15) is 0 Å². The van der Waals surface area contributed by atoms with Crippen molar-refractivity contribution in [3.63, 3.8) is 0 Å². The predicted octanol–water partition coefficient (Wildman–Crippen LogP) is 1.77. The topological polar surface area (TPSA) is 68.1 Å². The van der Waals surface area contributed by atoms with Gasteiger partial charge in [0.1, 0.15) is 12.9 Å². The Kier molecular flexibility index (Phi) is 3.57. The Labute approximate surface area is 138 Å². The molecule has 4 rings (SSSR count). The molecule has 3 aromatic rings. The number of amides is 1. The number of fused-ring (bicyclic) bond motifs is 2. The molecule has 0 aliphatic carbocycles. The third-order valence-electron chi connectivity index (χ3n) is 4.31. The maximum Gasteiger partial charge on any atom is 0.263 e. The molecule has 3 heterocycles. The van der Waals surface area contributed by atoms with Gasteiger partial charge in [-0.05, 0) is 36.6 Å². The molecule has 1 aliphatic heterocycles. The summed E-state index contributed by atoms with van der Waals surface area (Å²) in [5.41, 5.74) is 2.27. The lowest BCUT2D eigenvalue weighted by atomic mass is 10.0. The van der Waals surface area contributed by atoms with Gasteiger partial charge in [0.05, 0.1) is 5.39 Å². The minimum atomic E-state index is -0.244. The number of nitrogens with zero attached hydrogens (tertiary/aromatic N) is 4. The van der Waals surface area contributed by atoms with Crippen molar-refractivity contribution in [2.24, 2.45) is 0 Å². The zero-order valence-corrected chi connectivity index (χ0v) is 13.1. The Balaban J connectivity index is 1.66. The van der Waals surface area contributed by atoms with E-state index in [9.17, 15) is 9.59 Å². The number of aromatic nitrogens is 3. The molecular weight excluding hydrogens is 304 g/mol. The Morgan fingerprint density at radius 1 is 1.12 bits per heavy atom. The van der Waals surface area contributed by atoms with Gasteiger partial charge in [-0.15, -0.1) is 0 Å². The van der Waals surface area contributed by atoms with E-state index in [1.54, 1.807) is 23.2 Å². The fraction of sp³-hybridized carbons (Fsp3) is 0.222. The van der Waals surface area contributed by atoms with Crippen LogP contribution in [0.15, 0.2) is 53.7 Å². The highest BCUT2D eigenvalue weighted by Crippen LogP contribution is 2.26. The van der Waals surface area contributed by atoms with E-state index >= 15 is 0 Å². The molecule has 0 unspecified atom stereocenters. The van der Waals surface area contributed by atoms with E-state index in [0.29, 0.717) is 17.6 Å². The Bertz CT molecular complexity index is 980. The van der Waals surface area contributed by atoms with Crippen molar-refractivity contribution in [3.05, 3.63) is 64.8 Å². The highest BCUT2D eigenvalue weighted by Gasteiger charge is 2.22. The summed E-state index contributed by atoms with van der Waals surface area (Å²) in [5, 5.41) is 0.423. The first-order valence-corrected chi connectivity index (χ1v) is 7.92. The summed E-state index contributed by atoms with van der Waals surface area (Å²) in [7, 11) is 0. The van der Waals surface area contributed by atoms with E-state index in [1.165, 1.54) is 16.5 Å². The van der Waals surface area contributed by atoms with E-state index in [4.69, 9.17) is 0 Å². The second-order valence-corrected chi connectivity index (χ2v) is 5.83. The zero-order valence-electron chi connectivity index (χ0n) is 13.1. The van der Waals surface area contributed by atoms with Gasteiger partial charge >= 0.3 is 0 Å². The summed E-state index contributed by atoms with van der Waals surface area (Å²) >= 11 is 0. The van der Waals surface area contributed by atoms with Crippen LogP contribution in [0.25, 0.3) is 11.0 Å². The van der Waals surface area contributed by atoms with Crippen molar-refractivity contribution < 1.29 is 4.79 Å². The van der Waals surface area contributed by atoms with Crippen molar-refractivity contribution in [2.75, 3.05) is 11.4 Å². The van der Waals surface area contributed by atoms with Gasteiger partial charge in [-0.3, -0.25) is 14.2 Å². The van der Waals surface area contributed by atoms with Gasteiger partial charge in [0.15, 0.2) is 5.65 Å². The fourth-order valence-corrected chi connectivity index (χ4v) is 3.13. The molecule has 0 radical (unpaired) electrons. The number of para-hydroxylation sites is 1. The summed E-state index contributed by atoms with van der Waals surface area (Å²) < 4.78 is 1.35. The average molecular weight is 320 g/mol. The highest BCUT2D eigenvalue weighted by molar-refractivity contribution is 5.94. The molecule has 6 heteroatoms. The van der Waals surface area contributed by atoms with E-state index in [0.717, 1.165) is 18.5 Å². The molecule has 0 atom stereocenters. The van der Waals surface area contributed by atoms with E-state index in [1.807, 2.05) is 24.3 Å². The Morgan fingerprint density at radius 3 is 2.92 bits per heavy atom. The number of benzene rings is 1. The summed E-state index contributed by atoms with van der Waals surface area (Å²) in [6.45, 7) is 0.651. The lowest BCUT2D eigenvalue weighted by molar-refractivity contribution is -0.119. The monoisotopic (exact) mass is 320 g/mol. The largest absolute Gasteiger partial charge is 0.311 e. The number of hydrogen-bond acceptors (Lipinski definition) is 4. The van der Waals surface area contributed by atoms with Gasteiger partial charge in [-0.25, -0.2) is 9.97 Å². The molecule has 1 aromatic carbocycles. The fourth-order valence-electron chi connectivity index (χ4n) is 3.13. The molecule has 6 nitrogen and oxygen atoms in total. The first-order chi connectivity index (χ1) is 11.7. The number of hydrogen-bond donors (Lipinski definition) is 0. The minimum Gasteiger partial charge on any atom is -0.311 e. The van der Waals surface area contributed by atoms with Gasteiger partial charge in [0.25, 0.3) is 5.56 Å². The summed E-state index contributed by atoms with van der Waals surface area (Å²) in [5.74, 6) is -0.103. The number of carbonyl (C=O) groups is 1. The van der Waals surface area contributed by atoms with Crippen LogP contribution in [0.4, 0.5) is 5.69 Å². The first kappa shape index (κ1) is 14.6. The molecule has 0 saturated carbocycles. The number of rotatable bonds is 2. The van der Waals surface area contributed by atoms with E-state index in [-0.39, 0.29) is 18.0 Å². The van der Waals surface area contributed by atoms with Crippen LogP contribution in [0.5, 0.6) is 0 Å². The number of pyridine rings is 1. The maximum atomic E-state index is 12.7. The summed E-state index contributed by atoms with van der Waals surface area (Å²) in [6.07, 6.45) is 4.89. The molecular formula is C18H16N4O2. The predicted molar refractivity (Wildman–Crippen MR) is 90.9 cm³/mol. The smallest absolute Gasteiger partial charge is 0.263 e. The average Bonchev–Trinajstić information content (AvgIpc) is 2.63. The molecule has 120 valence electrons. The second-order valence-electron chi connectivity index (χ2n) is 5.83. The van der Waals surface area contributed by atoms with E-state index in [2.05, 4.69) is 9.97 Å². The first-order valence-electron chi connectivity index (χ1n) is 7.92. The number of aryl methyl sites for hydroxylation is 1. The standard InChI is InChI=1S/C18H16N4O2/c23-16(22-10-4-6-13-5-1-2-8-15(13)22)11-21-12-20-17-14(18(21)24)7-3-9-19-17/h1-3,5,7-9,12H,4,6,10-11H2. The Morgan fingerprint density at radius 2 is 2.00 bits per heavy atom. The second kappa shape index (κ2) is 5.88. The molecule has 0 N–H and O–H groups in total. The van der Waals surface area contributed by atoms with Crippen LogP contribution in [0.2, 0.25) is 0 Å². The van der Waals surface area contributed by atoms with Crippen molar-refractivity contribution in [1.82, 2.24) is 14.5 Å². The molecule has 1 amide bonds. The molecule has 24 heavy (non-hydrogen) atoms. The van der Waals surface area contributed by atoms with Crippen LogP contribution in [0.1, 0.15) is 12.0 Å². The third kappa shape index (κ3) is 2.46. The van der Waals surface area contributed by atoms with Gasteiger partial charge in [0, 0.05) is 18.4 Å². The van der Waals surface area contributed by atoms with E-state index < -0.39 is 0 Å². The molecule has 0 spiro atoms. The van der Waals surface area contributed by atoms with Crippen molar-refractivity contribution in [3.8, 4) is 0 Å². The number of carbonyl (C=O) groups excluding carboxylic acids is 1. The van der Waals surface area contributed by atoms with Crippen LogP contribution < -0.4 is 10.5 Å². The summed E-state index contributed by atoms with van der Waals surface area (Å²) in [4.78, 5) is 35.2. The molecule has 2 aromatic heterocycles. The molecule has 0 saturated heterocycles. The van der Waals surface area contributed by atoms with Crippen molar-refractivity contribution in [2.45, 2.75) is 19.4 Å². The molecule has 1 aliphatic rings. The maximum absolute atomic E-state index is 12.7. The summed E-state index contributed by atoms with van der Waals surface area (Å²) in [6, 6.07) is 11.3. The highest BCUT2D eigenvalue weighted by atomic mass is 16.2. The quantitative estimate of drug-likeness (QED) is 0.722. The SMILES string of the molecule is O=C(Cn1cnc2ncccc2c1=O)N1CCCc2ccccc21. The minimum absolute atomic E-state index is 0.0228.